The molecule has 0 saturated carbocycles. The summed E-state index contributed by atoms with van der Waals surface area (Å²) in [7, 11) is 0. The fourth-order valence-electron chi connectivity index (χ4n) is 3.07. The Bertz CT molecular complexity index is 684. The molecule has 0 aliphatic carbocycles. The maximum absolute atomic E-state index is 12.4. The Morgan fingerprint density at radius 3 is 2.71 bits per heavy atom. The summed E-state index contributed by atoms with van der Waals surface area (Å²) in [5, 5.41) is 2.78. The summed E-state index contributed by atoms with van der Waals surface area (Å²) >= 11 is 1.53. The van der Waals surface area contributed by atoms with E-state index in [2.05, 4.69) is 5.32 Å². The van der Waals surface area contributed by atoms with Crippen LogP contribution >= 0.6 is 11.8 Å². The number of nitrogens with one attached hydrogen (secondary N) is 1. The number of carbonyl (C=O) groups excluding carboxylic acids is 3. The second-order valence-corrected chi connectivity index (χ2v) is 7.70. The van der Waals surface area contributed by atoms with Crippen molar-refractivity contribution in [2.45, 2.75) is 36.3 Å². The number of amides is 3. The summed E-state index contributed by atoms with van der Waals surface area (Å²) in [6.45, 7) is 3.01. The van der Waals surface area contributed by atoms with Gasteiger partial charge in [-0.1, -0.05) is 6.07 Å². The molecule has 7 heteroatoms. The third-order valence-electron chi connectivity index (χ3n) is 4.58. The van der Waals surface area contributed by atoms with Crippen LogP contribution in [0.1, 0.15) is 25.3 Å². The third kappa shape index (κ3) is 3.56. The first-order valence-corrected chi connectivity index (χ1v) is 8.99. The minimum absolute atomic E-state index is 0.00972. The molecule has 128 valence electrons. The first-order chi connectivity index (χ1) is 11.4. The lowest BCUT2D eigenvalue weighted by Crippen LogP contribution is -2.42. The predicted molar refractivity (Wildman–Crippen MR) is 92.6 cm³/mol. The maximum Gasteiger partial charge on any atom is 0.237 e. The van der Waals surface area contributed by atoms with Gasteiger partial charge in [0.05, 0.1) is 17.4 Å². The van der Waals surface area contributed by atoms with Crippen LogP contribution < -0.4 is 11.1 Å². The van der Waals surface area contributed by atoms with E-state index in [0.717, 1.165) is 16.1 Å². The molecule has 0 bridgehead atoms. The molecule has 3 N–H and O–H groups in total. The van der Waals surface area contributed by atoms with Crippen LogP contribution in [-0.2, 0) is 20.8 Å². The molecule has 2 heterocycles. The molecule has 1 atom stereocenters. The van der Waals surface area contributed by atoms with E-state index < -0.39 is 0 Å². The molecule has 2 aliphatic rings. The molecule has 3 amide bonds. The van der Waals surface area contributed by atoms with E-state index in [1.165, 1.54) is 11.8 Å². The third-order valence-corrected chi connectivity index (χ3v) is 5.76. The Morgan fingerprint density at radius 1 is 1.33 bits per heavy atom. The van der Waals surface area contributed by atoms with Crippen LogP contribution in [0.25, 0.3) is 0 Å². The van der Waals surface area contributed by atoms with Gasteiger partial charge >= 0.3 is 0 Å². The number of primary amides is 1. The Labute approximate surface area is 145 Å². The fourth-order valence-corrected chi connectivity index (χ4v) is 4.00. The normalized spacial score (nSPS) is 21.1. The van der Waals surface area contributed by atoms with Crippen molar-refractivity contribution >= 4 is 35.2 Å². The molecule has 1 unspecified atom stereocenters. The van der Waals surface area contributed by atoms with Gasteiger partial charge < -0.3 is 16.0 Å². The van der Waals surface area contributed by atoms with Crippen molar-refractivity contribution in [3.63, 3.8) is 0 Å². The summed E-state index contributed by atoms with van der Waals surface area (Å²) in [6, 6.07) is 5.77. The lowest BCUT2D eigenvalue weighted by molar-refractivity contribution is -0.134. The smallest absolute Gasteiger partial charge is 0.237 e. The Kier molecular flexibility index (Phi) is 4.80. The van der Waals surface area contributed by atoms with Crippen molar-refractivity contribution in [1.82, 2.24) is 4.90 Å². The quantitative estimate of drug-likeness (QED) is 0.864. The predicted octanol–water partition coefficient (Wildman–Crippen LogP) is 1.39. The van der Waals surface area contributed by atoms with Gasteiger partial charge in [-0.25, -0.2) is 0 Å². The summed E-state index contributed by atoms with van der Waals surface area (Å²) in [5.41, 5.74) is 6.98. The first-order valence-electron chi connectivity index (χ1n) is 8.11. The van der Waals surface area contributed by atoms with Gasteiger partial charge in [0.1, 0.15) is 0 Å². The van der Waals surface area contributed by atoms with Gasteiger partial charge in [0.25, 0.3) is 0 Å². The Morgan fingerprint density at radius 2 is 2.04 bits per heavy atom. The van der Waals surface area contributed by atoms with E-state index >= 15 is 0 Å². The largest absolute Gasteiger partial charge is 0.369 e. The number of thioether (sulfide) groups is 1. The summed E-state index contributed by atoms with van der Waals surface area (Å²) in [5.74, 6) is -0.364. The van der Waals surface area contributed by atoms with E-state index in [-0.39, 0.29) is 28.9 Å². The number of benzene rings is 1. The average Bonchev–Trinajstić information content (AvgIpc) is 2.56. The Hall–Kier alpha value is -2.02. The van der Waals surface area contributed by atoms with Crippen molar-refractivity contribution < 1.29 is 14.4 Å². The van der Waals surface area contributed by atoms with Crippen LogP contribution in [0.15, 0.2) is 23.1 Å². The van der Waals surface area contributed by atoms with E-state index in [1.807, 2.05) is 25.1 Å². The van der Waals surface area contributed by atoms with Gasteiger partial charge in [-0.2, -0.15) is 0 Å². The highest BCUT2D eigenvalue weighted by Gasteiger charge is 2.27. The first kappa shape index (κ1) is 16.8. The zero-order valence-corrected chi connectivity index (χ0v) is 14.4. The van der Waals surface area contributed by atoms with Crippen LogP contribution in [-0.4, -0.2) is 41.0 Å². The number of carbonyl (C=O) groups is 3. The molecule has 1 aromatic carbocycles. The van der Waals surface area contributed by atoms with Crippen LogP contribution in [0.2, 0.25) is 0 Å². The van der Waals surface area contributed by atoms with E-state index in [4.69, 9.17) is 5.73 Å². The monoisotopic (exact) mass is 347 g/mol. The molecule has 24 heavy (non-hydrogen) atoms. The number of hydrogen-bond acceptors (Lipinski definition) is 4. The highest BCUT2D eigenvalue weighted by Crippen LogP contribution is 2.36. The molecule has 1 aromatic rings. The van der Waals surface area contributed by atoms with Gasteiger partial charge in [-0.05, 0) is 37.5 Å². The van der Waals surface area contributed by atoms with Crippen molar-refractivity contribution in [2.24, 2.45) is 11.7 Å². The summed E-state index contributed by atoms with van der Waals surface area (Å²) < 4.78 is 0. The van der Waals surface area contributed by atoms with Crippen molar-refractivity contribution in [3.05, 3.63) is 23.8 Å². The topological polar surface area (TPSA) is 92.5 Å². The van der Waals surface area contributed by atoms with Gasteiger partial charge in [0.15, 0.2) is 0 Å². The van der Waals surface area contributed by atoms with E-state index in [9.17, 15) is 14.4 Å². The molecule has 2 aliphatic heterocycles. The van der Waals surface area contributed by atoms with Crippen LogP contribution in [0.3, 0.4) is 0 Å². The number of likely N-dealkylation sites (tertiary alicyclic amines) is 1. The average molecular weight is 347 g/mol. The molecule has 0 radical (unpaired) electrons. The van der Waals surface area contributed by atoms with Crippen LogP contribution in [0, 0.1) is 5.92 Å². The molecule has 1 saturated heterocycles. The lowest BCUT2D eigenvalue weighted by atomic mass is 9.96. The lowest BCUT2D eigenvalue weighted by Gasteiger charge is -2.30. The minimum Gasteiger partial charge on any atom is -0.369 e. The number of piperidine rings is 1. The summed E-state index contributed by atoms with van der Waals surface area (Å²) in [4.78, 5) is 38.2. The van der Waals surface area contributed by atoms with Gasteiger partial charge in [0, 0.05) is 23.9 Å². The molecule has 0 spiro atoms. The molecule has 1 fully saturated rings. The molecular weight excluding hydrogens is 326 g/mol. The molecule has 6 nitrogen and oxygen atoms in total. The number of anilines is 1. The molecule has 0 aromatic heterocycles. The van der Waals surface area contributed by atoms with Crippen molar-refractivity contribution in [2.75, 3.05) is 18.4 Å². The minimum atomic E-state index is -0.278. The highest BCUT2D eigenvalue weighted by atomic mass is 32.2. The zero-order chi connectivity index (χ0) is 17.3. The van der Waals surface area contributed by atoms with Crippen molar-refractivity contribution in [1.29, 1.82) is 0 Å². The second-order valence-electron chi connectivity index (χ2n) is 6.31. The SMILES string of the molecule is CC1Sc2ccc(CC(=O)N3CCC(C(N)=O)CC3)cc2NC1=O. The number of hydrogen-bond donors (Lipinski definition) is 2. The molecule has 3 rings (SSSR count). The Balaban J connectivity index is 1.62. The fraction of sp³-hybridized carbons (Fsp3) is 0.471. The maximum atomic E-state index is 12.4. The number of fused-ring (bicyclic) bond motifs is 1. The number of nitrogens with two attached hydrogens (primary N) is 1. The van der Waals surface area contributed by atoms with Crippen LogP contribution in [0.5, 0.6) is 0 Å². The highest BCUT2D eigenvalue weighted by molar-refractivity contribution is 8.00. The van der Waals surface area contributed by atoms with Crippen LogP contribution in [0.4, 0.5) is 5.69 Å². The zero-order valence-electron chi connectivity index (χ0n) is 13.6. The van der Waals surface area contributed by atoms with E-state index in [1.54, 1.807) is 4.90 Å². The van der Waals surface area contributed by atoms with Gasteiger partial charge in [0.2, 0.25) is 17.7 Å². The summed E-state index contributed by atoms with van der Waals surface area (Å²) in [6.07, 6.45) is 1.57. The molecular formula is C17H21N3O3S. The number of nitrogens with zero attached hydrogens (tertiary/aromatic N) is 1. The second kappa shape index (κ2) is 6.84. The van der Waals surface area contributed by atoms with Gasteiger partial charge in [-0.3, -0.25) is 14.4 Å². The van der Waals surface area contributed by atoms with E-state index in [0.29, 0.717) is 32.4 Å². The van der Waals surface area contributed by atoms with Crippen molar-refractivity contribution in [3.8, 4) is 0 Å². The standard InChI is InChI=1S/C17H21N3O3S/c1-10-17(23)19-13-8-11(2-3-14(13)24-10)9-15(21)20-6-4-12(5-7-20)16(18)22/h2-3,8,10,12H,4-7,9H2,1H3,(H2,18,22)(H,19,23). The van der Waals surface area contributed by atoms with Gasteiger partial charge in [-0.15, -0.1) is 11.8 Å². The number of rotatable bonds is 3.